The molecule has 2 heterocycles. The maximum absolute atomic E-state index is 6.30. The van der Waals surface area contributed by atoms with Crippen molar-refractivity contribution in [1.82, 2.24) is 9.97 Å². The molecule has 2 fully saturated rings. The maximum atomic E-state index is 6.30. The van der Waals surface area contributed by atoms with E-state index in [0.29, 0.717) is 26.8 Å². The van der Waals surface area contributed by atoms with Gasteiger partial charge in [-0.2, -0.15) is 11.8 Å². The minimum absolute atomic E-state index is 0.392. The molecular weight excluding hydrogens is 411 g/mol. The Hall–Kier alpha value is 0.800. The Morgan fingerprint density at radius 3 is 2.58 bits per heavy atom. The molecule has 1 aromatic rings. The quantitative estimate of drug-likeness (QED) is 0.496. The summed E-state index contributed by atoms with van der Waals surface area (Å²) in [6.07, 6.45) is 2.51. The minimum Gasteiger partial charge on any atom is -0.235 e. The molecule has 2 aliphatic rings. The van der Waals surface area contributed by atoms with Gasteiger partial charge in [-0.05, 0) is 35.4 Å². The first-order chi connectivity index (χ1) is 9.06. The third-order valence-electron chi connectivity index (χ3n) is 3.66. The van der Waals surface area contributed by atoms with Crippen LogP contribution in [0.15, 0.2) is 0 Å². The van der Waals surface area contributed by atoms with E-state index in [0.717, 1.165) is 15.1 Å². The zero-order valence-corrected chi connectivity index (χ0v) is 15.4. The molecule has 104 valence electrons. The molecule has 1 aromatic heterocycles. The Kier molecular flexibility index (Phi) is 4.57. The zero-order chi connectivity index (χ0) is 13.6. The van der Waals surface area contributed by atoms with E-state index in [9.17, 15) is 0 Å². The van der Waals surface area contributed by atoms with Crippen LogP contribution in [0.2, 0.25) is 5.15 Å². The molecular formula is C13H16ClIN2S2. The van der Waals surface area contributed by atoms with Crippen molar-refractivity contribution in [3.63, 3.8) is 0 Å². The molecule has 0 aromatic carbocycles. The average Bonchev–Trinajstić information content (AvgIpc) is 3.20. The summed E-state index contributed by atoms with van der Waals surface area (Å²) in [5.74, 6) is 2.67. The Balaban J connectivity index is 1.88. The highest BCUT2D eigenvalue weighted by Crippen LogP contribution is 2.46. The standard InChI is InChI=1S/C13H16ClIN2S2/c1-6-7(2)19-9(5-18-6)13-16-11(8-3-4-8)10(15)12(14)17-13/h6-9H,3-5H2,1-2H3. The molecule has 3 rings (SSSR count). The van der Waals surface area contributed by atoms with Gasteiger partial charge in [0.1, 0.15) is 11.0 Å². The number of thioether (sulfide) groups is 2. The van der Waals surface area contributed by atoms with Crippen molar-refractivity contribution >= 4 is 57.7 Å². The summed E-state index contributed by atoms with van der Waals surface area (Å²) in [7, 11) is 0. The second-order valence-electron chi connectivity index (χ2n) is 5.21. The van der Waals surface area contributed by atoms with Crippen LogP contribution in [0.5, 0.6) is 0 Å². The molecule has 0 spiro atoms. The fourth-order valence-corrected chi connectivity index (χ4v) is 5.85. The summed E-state index contributed by atoms with van der Waals surface area (Å²) in [4.78, 5) is 9.38. The van der Waals surface area contributed by atoms with Crippen LogP contribution < -0.4 is 0 Å². The molecule has 3 unspecified atom stereocenters. The van der Waals surface area contributed by atoms with Crippen molar-refractivity contribution in [3.05, 3.63) is 20.2 Å². The summed E-state index contributed by atoms with van der Waals surface area (Å²) in [6, 6.07) is 0. The second kappa shape index (κ2) is 5.89. The van der Waals surface area contributed by atoms with E-state index in [1.807, 2.05) is 23.5 Å². The van der Waals surface area contributed by atoms with Gasteiger partial charge in [0.25, 0.3) is 0 Å². The largest absolute Gasteiger partial charge is 0.235 e. The summed E-state index contributed by atoms with van der Waals surface area (Å²) < 4.78 is 1.06. The van der Waals surface area contributed by atoms with Crippen molar-refractivity contribution in [2.75, 3.05) is 5.75 Å². The number of hydrogen-bond donors (Lipinski definition) is 0. The first-order valence-electron chi connectivity index (χ1n) is 6.56. The van der Waals surface area contributed by atoms with Gasteiger partial charge < -0.3 is 0 Å². The Morgan fingerprint density at radius 2 is 1.95 bits per heavy atom. The predicted molar refractivity (Wildman–Crippen MR) is 93.4 cm³/mol. The molecule has 3 atom stereocenters. The summed E-state index contributed by atoms with van der Waals surface area (Å²) in [6.45, 7) is 4.60. The van der Waals surface area contributed by atoms with Crippen molar-refractivity contribution in [2.24, 2.45) is 0 Å². The molecule has 0 radical (unpaired) electrons. The number of nitrogens with zero attached hydrogens (tertiary/aromatic N) is 2. The summed E-state index contributed by atoms with van der Waals surface area (Å²) in [5, 5.41) is 2.39. The van der Waals surface area contributed by atoms with E-state index < -0.39 is 0 Å². The van der Waals surface area contributed by atoms with Gasteiger partial charge in [0.2, 0.25) is 0 Å². The Morgan fingerprint density at radius 1 is 1.21 bits per heavy atom. The summed E-state index contributed by atoms with van der Waals surface area (Å²) >= 11 is 12.6. The molecule has 1 saturated carbocycles. The number of halogens is 2. The smallest absolute Gasteiger partial charge is 0.146 e. The first-order valence-corrected chi connectivity index (χ1v) is 10.0. The minimum atomic E-state index is 0.392. The van der Waals surface area contributed by atoms with Crippen molar-refractivity contribution in [1.29, 1.82) is 0 Å². The Bertz CT molecular complexity index is 496. The van der Waals surface area contributed by atoms with Crippen molar-refractivity contribution in [2.45, 2.75) is 48.4 Å². The fraction of sp³-hybridized carbons (Fsp3) is 0.692. The van der Waals surface area contributed by atoms with E-state index >= 15 is 0 Å². The van der Waals surface area contributed by atoms with Gasteiger partial charge in [-0.3, -0.25) is 0 Å². The lowest BCUT2D eigenvalue weighted by atomic mass is 10.3. The zero-order valence-electron chi connectivity index (χ0n) is 10.9. The van der Waals surface area contributed by atoms with Gasteiger partial charge in [-0.25, -0.2) is 9.97 Å². The van der Waals surface area contributed by atoms with E-state index in [-0.39, 0.29) is 0 Å². The van der Waals surface area contributed by atoms with Gasteiger partial charge in [-0.15, -0.1) is 11.8 Å². The van der Waals surface area contributed by atoms with Crippen LogP contribution in [-0.4, -0.2) is 26.2 Å². The molecule has 1 aliphatic carbocycles. The first kappa shape index (κ1) is 14.7. The predicted octanol–water partition coefficient (Wildman–Crippen LogP) is 4.91. The van der Waals surface area contributed by atoms with Crippen LogP contribution >= 0.6 is 57.7 Å². The molecule has 1 aliphatic heterocycles. The maximum Gasteiger partial charge on any atom is 0.146 e. The van der Waals surface area contributed by atoms with Crippen LogP contribution in [0, 0.1) is 3.57 Å². The average molecular weight is 427 g/mol. The highest BCUT2D eigenvalue weighted by atomic mass is 127. The number of rotatable bonds is 2. The van der Waals surface area contributed by atoms with Gasteiger partial charge in [0.05, 0.1) is 14.5 Å². The van der Waals surface area contributed by atoms with E-state index in [1.165, 1.54) is 18.5 Å². The molecule has 0 bridgehead atoms. The molecule has 19 heavy (non-hydrogen) atoms. The fourth-order valence-electron chi connectivity index (χ4n) is 2.14. The highest BCUT2D eigenvalue weighted by Gasteiger charge is 2.33. The lowest BCUT2D eigenvalue weighted by molar-refractivity contribution is 0.834. The molecule has 1 saturated heterocycles. The normalized spacial score (nSPS) is 31.5. The molecule has 0 N–H and O–H groups in total. The van der Waals surface area contributed by atoms with Crippen LogP contribution in [0.1, 0.15) is 49.4 Å². The third kappa shape index (κ3) is 3.19. The number of hydrogen-bond acceptors (Lipinski definition) is 4. The molecule has 0 amide bonds. The second-order valence-corrected chi connectivity index (χ2v) is 9.65. The highest BCUT2D eigenvalue weighted by molar-refractivity contribution is 14.1. The van der Waals surface area contributed by atoms with Gasteiger partial charge >= 0.3 is 0 Å². The van der Waals surface area contributed by atoms with E-state index in [1.54, 1.807) is 0 Å². The van der Waals surface area contributed by atoms with Crippen LogP contribution in [-0.2, 0) is 0 Å². The lowest BCUT2D eigenvalue weighted by Crippen LogP contribution is -2.23. The van der Waals surface area contributed by atoms with Crippen molar-refractivity contribution in [3.8, 4) is 0 Å². The van der Waals surface area contributed by atoms with Gasteiger partial charge in [0.15, 0.2) is 0 Å². The number of aromatic nitrogens is 2. The third-order valence-corrected chi connectivity index (χ3v) is 8.70. The van der Waals surface area contributed by atoms with Crippen LogP contribution in [0.25, 0.3) is 0 Å². The van der Waals surface area contributed by atoms with Gasteiger partial charge in [0, 0.05) is 22.2 Å². The lowest BCUT2D eigenvalue weighted by Gasteiger charge is -2.30. The van der Waals surface area contributed by atoms with Gasteiger partial charge in [-0.1, -0.05) is 25.4 Å². The monoisotopic (exact) mass is 426 g/mol. The van der Waals surface area contributed by atoms with Crippen LogP contribution in [0.3, 0.4) is 0 Å². The SMILES string of the molecule is CC1SCC(c2nc(Cl)c(I)c(C3CC3)n2)SC1C. The van der Waals surface area contributed by atoms with E-state index in [4.69, 9.17) is 16.6 Å². The van der Waals surface area contributed by atoms with E-state index in [2.05, 4.69) is 41.4 Å². The van der Waals surface area contributed by atoms with Crippen LogP contribution in [0.4, 0.5) is 0 Å². The molecule has 6 heteroatoms. The molecule has 2 nitrogen and oxygen atoms in total. The summed E-state index contributed by atoms with van der Waals surface area (Å²) in [5.41, 5.74) is 1.19. The topological polar surface area (TPSA) is 25.8 Å². The Labute approximate surface area is 141 Å². The van der Waals surface area contributed by atoms with Crippen molar-refractivity contribution < 1.29 is 0 Å².